The maximum atomic E-state index is 13.4. The van der Waals surface area contributed by atoms with Crippen molar-refractivity contribution in [2.24, 2.45) is 0 Å². The Hall–Kier alpha value is -3.50. The Balaban J connectivity index is 1.63. The summed E-state index contributed by atoms with van der Waals surface area (Å²) in [5.41, 5.74) is 2.35. The van der Waals surface area contributed by atoms with Crippen molar-refractivity contribution in [2.45, 2.75) is 17.7 Å². The quantitative estimate of drug-likeness (QED) is 0.458. The first-order valence-electron chi connectivity index (χ1n) is 9.37. The van der Waals surface area contributed by atoms with Gasteiger partial charge in [-0.2, -0.15) is 0 Å². The Morgan fingerprint density at radius 2 is 1.87 bits per heavy atom. The van der Waals surface area contributed by atoms with Crippen LogP contribution in [0.5, 0.6) is 0 Å². The van der Waals surface area contributed by atoms with E-state index in [0.717, 1.165) is 11.0 Å². The standard InChI is InChI=1S/C21H19FN4O4S/c1-23-31(28,29)20-11-10-19(30-20)21(27)25-17(14-6-8-15(22)9-7-14)12-26-13-24-16-4-2-3-5-18(16)26/h2-11,13,17,23H,12H2,1H3,(H,25,27). The van der Waals surface area contributed by atoms with E-state index >= 15 is 0 Å². The van der Waals surface area contributed by atoms with Crippen LogP contribution in [0, 0.1) is 5.82 Å². The molecule has 8 nitrogen and oxygen atoms in total. The predicted molar refractivity (Wildman–Crippen MR) is 111 cm³/mol. The van der Waals surface area contributed by atoms with Gasteiger partial charge < -0.3 is 14.3 Å². The van der Waals surface area contributed by atoms with E-state index in [9.17, 15) is 17.6 Å². The van der Waals surface area contributed by atoms with Gasteiger partial charge in [0.05, 0.1) is 23.4 Å². The molecule has 10 heteroatoms. The van der Waals surface area contributed by atoms with Crippen molar-refractivity contribution in [3.05, 3.63) is 84.1 Å². The van der Waals surface area contributed by atoms with Gasteiger partial charge in [0.15, 0.2) is 5.76 Å². The van der Waals surface area contributed by atoms with Crippen molar-refractivity contribution in [3.63, 3.8) is 0 Å². The maximum absolute atomic E-state index is 13.4. The molecule has 0 radical (unpaired) electrons. The molecule has 0 bridgehead atoms. The molecule has 2 N–H and O–H groups in total. The second kappa shape index (κ2) is 8.32. The number of furan rings is 1. The number of halogens is 1. The number of amides is 1. The zero-order valence-corrected chi connectivity index (χ0v) is 17.3. The highest BCUT2D eigenvalue weighted by Gasteiger charge is 2.23. The normalized spacial score (nSPS) is 12.7. The minimum Gasteiger partial charge on any atom is -0.438 e. The van der Waals surface area contributed by atoms with Crippen LogP contribution < -0.4 is 10.0 Å². The summed E-state index contributed by atoms with van der Waals surface area (Å²) in [5.74, 6) is -1.15. The second-order valence-electron chi connectivity index (χ2n) is 6.79. The summed E-state index contributed by atoms with van der Waals surface area (Å²) in [6.07, 6.45) is 1.66. The molecule has 0 fully saturated rings. The third-order valence-electron chi connectivity index (χ3n) is 4.82. The van der Waals surface area contributed by atoms with Crippen LogP contribution in [0.1, 0.15) is 22.2 Å². The van der Waals surface area contributed by atoms with Crippen LogP contribution in [0.2, 0.25) is 0 Å². The van der Waals surface area contributed by atoms with Gasteiger partial charge in [-0.15, -0.1) is 0 Å². The van der Waals surface area contributed by atoms with E-state index < -0.39 is 27.8 Å². The van der Waals surface area contributed by atoms with Gasteiger partial charge in [-0.1, -0.05) is 24.3 Å². The maximum Gasteiger partial charge on any atom is 0.287 e. The van der Waals surface area contributed by atoms with Crippen molar-refractivity contribution in [2.75, 3.05) is 7.05 Å². The minimum atomic E-state index is -3.81. The van der Waals surface area contributed by atoms with Gasteiger partial charge in [0.2, 0.25) is 5.09 Å². The van der Waals surface area contributed by atoms with E-state index in [4.69, 9.17) is 4.42 Å². The topological polar surface area (TPSA) is 106 Å². The number of hydrogen-bond acceptors (Lipinski definition) is 5. The van der Waals surface area contributed by atoms with E-state index in [1.807, 2.05) is 28.8 Å². The monoisotopic (exact) mass is 442 g/mol. The van der Waals surface area contributed by atoms with Gasteiger partial charge >= 0.3 is 0 Å². The first-order valence-corrected chi connectivity index (χ1v) is 10.9. The lowest BCUT2D eigenvalue weighted by Crippen LogP contribution is -2.31. The Labute approximate surface area is 177 Å². The SMILES string of the molecule is CNS(=O)(=O)c1ccc(C(=O)NC(Cn2cnc3ccccc32)c2ccc(F)cc2)o1. The zero-order chi connectivity index (χ0) is 22.0. The van der Waals surface area contributed by atoms with Gasteiger partial charge in [-0.05, 0) is 49.0 Å². The van der Waals surface area contributed by atoms with E-state index in [1.54, 1.807) is 18.5 Å². The fraction of sp³-hybridized carbons (Fsp3) is 0.143. The molecule has 2 heterocycles. The Bertz CT molecular complexity index is 1330. The molecular formula is C21H19FN4O4S. The van der Waals surface area contributed by atoms with Crippen molar-refractivity contribution in [1.29, 1.82) is 0 Å². The van der Waals surface area contributed by atoms with Crippen LogP contribution in [-0.4, -0.2) is 30.9 Å². The molecule has 31 heavy (non-hydrogen) atoms. The number of fused-ring (bicyclic) bond motifs is 1. The van der Waals surface area contributed by atoms with E-state index in [-0.39, 0.29) is 10.9 Å². The average Bonchev–Trinajstić information content (AvgIpc) is 3.42. The van der Waals surface area contributed by atoms with Gasteiger partial charge in [-0.25, -0.2) is 22.5 Å². The van der Waals surface area contributed by atoms with Gasteiger partial charge in [0.25, 0.3) is 15.9 Å². The van der Waals surface area contributed by atoms with Gasteiger partial charge in [0, 0.05) is 6.54 Å². The number of para-hydroxylation sites is 2. The predicted octanol–water partition coefficient (Wildman–Crippen LogP) is 2.85. The number of carbonyl (C=O) groups is 1. The summed E-state index contributed by atoms with van der Waals surface area (Å²) in [6, 6.07) is 15.3. The molecule has 4 rings (SSSR count). The molecule has 2 aromatic carbocycles. The molecule has 0 saturated heterocycles. The summed E-state index contributed by atoms with van der Waals surface area (Å²) >= 11 is 0. The highest BCUT2D eigenvalue weighted by atomic mass is 32.2. The molecule has 0 spiro atoms. The number of aromatic nitrogens is 2. The van der Waals surface area contributed by atoms with Crippen molar-refractivity contribution in [3.8, 4) is 0 Å². The first-order chi connectivity index (χ1) is 14.9. The molecule has 1 amide bonds. The third kappa shape index (κ3) is 4.35. The Morgan fingerprint density at radius 1 is 1.13 bits per heavy atom. The van der Waals surface area contributed by atoms with E-state index in [1.165, 1.54) is 31.3 Å². The fourth-order valence-corrected chi connectivity index (χ4v) is 3.85. The lowest BCUT2D eigenvalue weighted by Gasteiger charge is -2.20. The van der Waals surface area contributed by atoms with Gasteiger partial charge in [-0.3, -0.25) is 4.79 Å². The summed E-state index contributed by atoms with van der Waals surface area (Å²) in [4.78, 5) is 17.2. The number of imidazole rings is 1. The summed E-state index contributed by atoms with van der Waals surface area (Å²) in [6.45, 7) is 0.320. The van der Waals surface area contributed by atoms with Gasteiger partial charge in [0.1, 0.15) is 5.82 Å². The second-order valence-corrected chi connectivity index (χ2v) is 8.61. The first kappa shape index (κ1) is 20.8. The van der Waals surface area contributed by atoms with E-state index in [2.05, 4.69) is 15.0 Å². The smallest absolute Gasteiger partial charge is 0.287 e. The number of carbonyl (C=O) groups excluding carboxylic acids is 1. The molecular weight excluding hydrogens is 423 g/mol. The van der Waals surface area contributed by atoms with Crippen LogP contribution in [0.25, 0.3) is 11.0 Å². The Morgan fingerprint density at radius 3 is 2.61 bits per heavy atom. The van der Waals surface area contributed by atoms with Crippen LogP contribution in [0.3, 0.4) is 0 Å². The number of nitrogens with one attached hydrogen (secondary N) is 2. The minimum absolute atomic E-state index is 0.156. The van der Waals surface area contributed by atoms with Crippen LogP contribution in [-0.2, 0) is 16.6 Å². The highest BCUT2D eigenvalue weighted by Crippen LogP contribution is 2.21. The number of nitrogens with zero attached hydrogens (tertiary/aromatic N) is 2. The summed E-state index contributed by atoms with van der Waals surface area (Å²) < 4.78 is 46.4. The number of hydrogen-bond donors (Lipinski definition) is 2. The number of sulfonamides is 1. The Kier molecular flexibility index (Phi) is 5.57. The molecule has 0 saturated carbocycles. The molecule has 0 aliphatic carbocycles. The highest BCUT2D eigenvalue weighted by molar-refractivity contribution is 7.89. The number of benzene rings is 2. The van der Waals surface area contributed by atoms with E-state index in [0.29, 0.717) is 12.1 Å². The zero-order valence-electron chi connectivity index (χ0n) is 16.4. The third-order valence-corrected chi connectivity index (χ3v) is 6.11. The number of rotatable bonds is 7. The van der Waals surface area contributed by atoms with Crippen molar-refractivity contribution >= 4 is 27.0 Å². The lowest BCUT2D eigenvalue weighted by atomic mass is 10.1. The van der Waals surface area contributed by atoms with Crippen LogP contribution >= 0.6 is 0 Å². The van der Waals surface area contributed by atoms with Crippen molar-refractivity contribution in [1.82, 2.24) is 19.6 Å². The van der Waals surface area contributed by atoms with Crippen molar-refractivity contribution < 1.29 is 22.0 Å². The summed E-state index contributed by atoms with van der Waals surface area (Å²) in [7, 11) is -2.56. The molecule has 0 aliphatic heterocycles. The largest absolute Gasteiger partial charge is 0.438 e. The fourth-order valence-electron chi connectivity index (χ4n) is 3.20. The molecule has 2 aromatic heterocycles. The van der Waals surface area contributed by atoms with Crippen LogP contribution in [0.15, 0.2) is 76.5 Å². The molecule has 160 valence electrons. The average molecular weight is 442 g/mol. The summed E-state index contributed by atoms with van der Waals surface area (Å²) in [5, 5.41) is 2.47. The van der Waals surface area contributed by atoms with Crippen LogP contribution in [0.4, 0.5) is 4.39 Å². The lowest BCUT2D eigenvalue weighted by molar-refractivity contribution is 0.0899. The molecule has 1 unspecified atom stereocenters. The molecule has 4 aromatic rings. The molecule has 1 atom stereocenters. The molecule has 0 aliphatic rings.